The van der Waals surface area contributed by atoms with Crippen LogP contribution >= 0.6 is 11.8 Å². The van der Waals surface area contributed by atoms with Crippen LogP contribution in [0, 0.1) is 0 Å². The third-order valence-corrected chi connectivity index (χ3v) is 4.78. The summed E-state index contributed by atoms with van der Waals surface area (Å²) < 4.78 is 4.79. The molecule has 0 rings (SSSR count). The van der Waals surface area contributed by atoms with Crippen LogP contribution in [0.15, 0.2) is 0 Å². The SMILES string of the molecule is CCCCCCCCCCCCCC(=O)OC(=O)C(N)CCSC.[H-].[Na+]. The van der Waals surface area contributed by atoms with E-state index in [1.54, 1.807) is 11.8 Å². The summed E-state index contributed by atoms with van der Waals surface area (Å²) in [6.07, 6.45) is 16.4. The molecule has 1 atom stereocenters. The molecule has 144 valence electrons. The fraction of sp³-hybridized carbons (Fsp3) is 0.895. The Hall–Kier alpha value is 0.450. The van der Waals surface area contributed by atoms with Gasteiger partial charge in [0.15, 0.2) is 0 Å². The van der Waals surface area contributed by atoms with E-state index >= 15 is 0 Å². The Morgan fingerprint density at radius 2 is 1.44 bits per heavy atom. The molecule has 0 spiro atoms. The van der Waals surface area contributed by atoms with E-state index in [1.165, 1.54) is 51.4 Å². The maximum absolute atomic E-state index is 11.6. The molecule has 4 nitrogen and oxygen atoms in total. The summed E-state index contributed by atoms with van der Waals surface area (Å²) in [5.74, 6) is -0.226. The molecule has 0 aliphatic heterocycles. The predicted molar refractivity (Wildman–Crippen MR) is 104 cm³/mol. The third-order valence-electron chi connectivity index (χ3n) is 4.13. The van der Waals surface area contributed by atoms with Crippen LogP contribution in [0.1, 0.15) is 91.8 Å². The van der Waals surface area contributed by atoms with Crippen molar-refractivity contribution in [2.75, 3.05) is 12.0 Å². The van der Waals surface area contributed by atoms with Gasteiger partial charge in [-0.1, -0.05) is 71.1 Å². The van der Waals surface area contributed by atoms with E-state index in [2.05, 4.69) is 6.92 Å². The van der Waals surface area contributed by atoms with Crippen LogP contribution in [-0.4, -0.2) is 30.0 Å². The number of esters is 2. The fourth-order valence-electron chi connectivity index (χ4n) is 2.54. The van der Waals surface area contributed by atoms with Crippen LogP contribution in [0.25, 0.3) is 0 Å². The third kappa shape index (κ3) is 19.0. The molecule has 0 bridgehead atoms. The van der Waals surface area contributed by atoms with Gasteiger partial charge < -0.3 is 11.9 Å². The molecule has 0 aromatic rings. The molecule has 0 aromatic carbocycles. The molecular weight excluding hydrogens is 345 g/mol. The van der Waals surface area contributed by atoms with E-state index in [9.17, 15) is 9.59 Å². The fourth-order valence-corrected chi connectivity index (χ4v) is 3.02. The Kier molecular flexibility index (Phi) is 23.0. The van der Waals surface area contributed by atoms with Crippen molar-refractivity contribution in [3.8, 4) is 0 Å². The van der Waals surface area contributed by atoms with Gasteiger partial charge in [-0.2, -0.15) is 11.8 Å². The average Bonchev–Trinajstić information content (AvgIpc) is 2.57. The van der Waals surface area contributed by atoms with E-state index in [0.717, 1.165) is 25.0 Å². The van der Waals surface area contributed by atoms with Crippen molar-refractivity contribution < 1.29 is 45.3 Å². The van der Waals surface area contributed by atoms with Gasteiger partial charge in [-0.05, 0) is 24.9 Å². The number of carbonyl (C=O) groups excluding carboxylic acids is 2. The minimum atomic E-state index is -0.682. The van der Waals surface area contributed by atoms with Gasteiger partial charge in [-0.3, -0.25) is 4.79 Å². The van der Waals surface area contributed by atoms with Gasteiger partial charge >= 0.3 is 41.5 Å². The van der Waals surface area contributed by atoms with E-state index in [0.29, 0.717) is 12.8 Å². The monoisotopic (exact) mass is 383 g/mol. The second-order valence-electron chi connectivity index (χ2n) is 6.47. The van der Waals surface area contributed by atoms with Crippen molar-refractivity contribution in [3.05, 3.63) is 0 Å². The molecule has 0 radical (unpaired) electrons. The Morgan fingerprint density at radius 1 is 0.960 bits per heavy atom. The summed E-state index contributed by atoms with van der Waals surface area (Å²) in [6.45, 7) is 2.24. The summed E-state index contributed by atoms with van der Waals surface area (Å²) in [5.41, 5.74) is 5.67. The Bertz CT molecular complexity index is 336. The smallest absolute Gasteiger partial charge is 1.00 e. The molecule has 0 aliphatic carbocycles. The largest absolute Gasteiger partial charge is 1.00 e. The van der Waals surface area contributed by atoms with Crippen molar-refractivity contribution in [1.29, 1.82) is 0 Å². The zero-order valence-corrected chi connectivity index (χ0v) is 19.5. The molecule has 0 aromatic heterocycles. The Balaban J connectivity index is -0.00000264. The predicted octanol–water partition coefficient (Wildman–Crippen LogP) is 1.95. The maximum Gasteiger partial charge on any atom is 1.00 e. The molecule has 0 saturated heterocycles. The number of carbonyl (C=O) groups is 2. The molecule has 25 heavy (non-hydrogen) atoms. The summed E-state index contributed by atoms with van der Waals surface area (Å²) in [5, 5.41) is 0. The van der Waals surface area contributed by atoms with Crippen LogP contribution in [-0.2, 0) is 14.3 Å². The number of hydrogen-bond donors (Lipinski definition) is 1. The van der Waals surface area contributed by atoms with Crippen molar-refractivity contribution in [3.63, 3.8) is 0 Å². The first kappa shape index (κ1) is 27.7. The summed E-state index contributed by atoms with van der Waals surface area (Å²) in [4.78, 5) is 23.2. The molecular formula is C19H38NNaO3S. The van der Waals surface area contributed by atoms with E-state index in [4.69, 9.17) is 10.5 Å². The van der Waals surface area contributed by atoms with Crippen LogP contribution in [0.2, 0.25) is 0 Å². The van der Waals surface area contributed by atoms with Gasteiger partial charge in [-0.15, -0.1) is 0 Å². The standard InChI is InChI=1S/C19H37NO3S.Na.H/c1-3-4-5-6-7-8-9-10-11-12-13-14-18(21)23-19(22)17(20)15-16-24-2;;/h17H,3-16,20H2,1-2H3;;/q;+1;-1. The van der Waals surface area contributed by atoms with Crippen LogP contribution in [0.3, 0.4) is 0 Å². The van der Waals surface area contributed by atoms with Crippen molar-refractivity contribution >= 4 is 23.7 Å². The van der Waals surface area contributed by atoms with Crippen molar-refractivity contribution in [2.24, 2.45) is 5.73 Å². The first-order valence-electron chi connectivity index (χ1n) is 9.60. The molecule has 0 saturated carbocycles. The number of unbranched alkanes of at least 4 members (excludes halogenated alkanes) is 10. The van der Waals surface area contributed by atoms with Crippen LogP contribution in [0.5, 0.6) is 0 Å². The van der Waals surface area contributed by atoms with Crippen LogP contribution in [0.4, 0.5) is 0 Å². The topological polar surface area (TPSA) is 69.4 Å². The summed E-state index contributed by atoms with van der Waals surface area (Å²) in [6, 6.07) is -0.682. The molecule has 2 N–H and O–H groups in total. The van der Waals surface area contributed by atoms with Gasteiger partial charge in [0.1, 0.15) is 6.04 Å². The second kappa shape index (κ2) is 20.8. The maximum atomic E-state index is 11.6. The quantitative estimate of drug-likeness (QED) is 0.191. The minimum absolute atomic E-state index is 0. The number of nitrogens with two attached hydrogens (primary N) is 1. The molecule has 0 aliphatic rings. The Labute approximate surface area is 182 Å². The molecule has 0 amide bonds. The number of thioether (sulfide) groups is 1. The van der Waals surface area contributed by atoms with Gasteiger partial charge in [-0.25, -0.2) is 4.79 Å². The van der Waals surface area contributed by atoms with Crippen LogP contribution < -0.4 is 35.3 Å². The van der Waals surface area contributed by atoms with E-state index in [-0.39, 0.29) is 31.0 Å². The molecule has 1 unspecified atom stereocenters. The summed E-state index contributed by atoms with van der Waals surface area (Å²) in [7, 11) is 0. The van der Waals surface area contributed by atoms with Gasteiger partial charge in [0.25, 0.3) is 0 Å². The molecule has 0 heterocycles. The van der Waals surface area contributed by atoms with Gasteiger partial charge in [0.2, 0.25) is 0 Å². The zero-order valence-electron chi connectivity index (χ0n) is 17.7. The van der Waals surface area contributed by atoms with E-state index in [1.807, 2.05) is 6.26 Å². The molecule has 6 heteroatoms. The first-order chi connectivity index (χ1) is 11.6. The normalized spacial score (nSPS) is 11.6. The number of ether oxygens (including phenoxy) is 1. The molecule has 0 fully saturated rings. The minimum Gasteiger partial charge on any atom is -1.00 e. The number of rotatable bonds is 16. The van der Waals surface area contributed by atoms with Crippen molar-refractivity contribution in [1.82, 2.24) is 0 Å². The summed E-state index contributed by atoms with van der Waals surface area (Å²) >= 11 is 1.62. The zero-order chi connectivity index (χ0) is 18.0. The Morgan fingerprint density at radius 3 is 1.92 bits per heavy atom. The first-order valence-corrected chi connectivity index (χ1v) is 11.0. The number of hydrogen-bond acceptors (Lipinski definition) is 5. The van der Waals surface area contributed by atoms with Crippen molar-refractivity contribution in [2.45, 2.75) is 96.4 Å². The van der Waals surface area contributed by atoms with Gasteiger partial charge in [0.05, 0.1) is 0 Å². The average molecular weight is 384 g/mol. The second-order valence-corrected chi connectivity index (χ2v) is 7.45. The van der Waals surface area contributed by atoms with Gasteiger partial charge in [0, 0.05) is 6.42 Å². The van der Waals surface area contributed by atoms with E-state index < -0.39 is 18.0 Å².